The van der Waals surface area contributed by atoms with Gasteiger partial charge in [-0.15, -0.1) is 0 Å². The summed E-state index contributed by atoms with van der Waals surface area (Å²) >= 11 is 5.83. The van der Waals surface area contributed by atoms with Crippen molar-refractivity contribution in [1.82, 2.24) is 4.90 Å². The summed E-state index contributed by atoms with van der Waals surface area (Å²) in [5.74, 6) is -0.972. The molecule has 7 heteroatoms. The molecule has 0 aliphatic carbocycles. The summed E-state index contributed by atoms with van der Waals surface area (Å²) in [7, 11) is -3.55. The molecule has 3 rings (SSSR count). The first kappa shape index (κ1) is 17.9. The molecule has 0 radical (unpaired) electrons. The van der Waals surface area contributed by atoms with Crippen molar-refractivity contribution in [1.29, 1.82) is 0 Å². The number of halogens is 2. The minimum absolute atomic E-state index is 0.0920. The lowest BCUT2D eigenvalue weighted by molar-refractivity contribution is 0.0766. The van der Waals surface area contributed by atoms with Gasteiger partial charge in [-0.3, -0.25) is 4.79 Å². The molecule has 132 valence electrons. The van der Waals surface area contributed by atoms with Crippen LogP contribution < -0.4 is 0 Å². The molecule has 1 saturated heterocycles. The lowest BCUT2D eigenvalue weighted by Gasteiger charge is -2.20. The fourth-order valence-corrected chi connectivity index (χ4v) is 4.94. The van der Waals surface area contributed by atoms with E-state index in [2.05, 4.69) is 0 Å². The molecule has 2 aromatic carbocycles. The van der Waals surface area contributed by atoms with Crippen LogP contribution in [-0.4, -0.2) is 38.1 Å². The lowest BCUT2D eigenvalue weighted by Crippen LogP contribution is -2.33. The van der Waals surface area contributed by atoms with E-state index in [1.54, 1.807) is 30.3 Å². The second-order valence-corrected chi connectivity index (χ2v) is 8.70. The predicted molar refractivity (Wildman–Crippen MR) is 94.9 cm³/mol. The summed E-state index contributed by atoms with van der Waals surface area (Å²) in [5.41, 5.74) is 0.620. The Morgan fingerprint density at radius 1 is 1.08 bits per heavy atom. The van der Waals surface area contributed by atoms with Crippen molar-refractivity contribution in [3.8, 4) is 0 Å². The number of rotatable bonds is 2. The summed E-state index contributed by atoms with van der Waals surface area (Å²) in [5, 5.41) is -0.411. The van der Waals surface area contributed by atoms with Gasteiger partial charge >= 0.3 is 0 Å². The normalized spacial score (nSPS) is 20.1. The van der Waals surface area contributed by atoms with Gasteiger partial charge in [-0.1, -0.05) is 29.8 Å². The quantitative estimate of drug-likeness (QED) is 0.800. The lowest BCUT2D eigenvalue weighted by atomic mass is 10.1. The predicted octanol–water partition coefficient (Wildman–Crippen LogP) is 3.48. The van der Waals surface area contributed by atoms with Crippen LogP contribution in [0.1, 0.15) is 27.6 Å². The maximum Gasteiger partial charge on any atom is 0.253 e. The van der Waals surface area contributed by atoms with E-state index in [0.29, 0.717) is 10.6 Å². The van der Waals surface area contributed by atoms with Gasteiger partial charge in [0.05, 0.1) is 11.0 Å². The summed E-state index contributed by atoms with van der Waals surface area (Å²) in [4.78, 5) is 14.1. The second kappa shape index (κ2) is 7.14. The molecule has 1 fully saturated rings. The van der Waals surface area contributed by atoms with Gasteiger partial charge in [0.1, 0.15) is 5.82 Å². The SMILES string of the molecule is O=C(c1ccc(Cl)cc1)N1CCC(c2ccccc2F)S(=O)(=O)CC1. The maximum absolute atomic E-state index is 14.1. The Labute approximate surface area is 151 Å². The van der Waals surface area contributed by atoms with Crippen molar-refractivity contribution in [3.05, 3.63) is 70.5 Å². The van der Waals surface area contributed by atoms with Crippen molar-refractivity contribution in [2.24, 2.45) is 0 Å². The molecular weight excluding hydrogens is 365 g/mol. The van der Waals surface area contributed by atoms with E-state index in [1.165, 1.54) is 23.1 Å². The molecule has 1 atom stereocenters. The molecule has 0 saturated carbocycles. The number of hydrogen-bond acceptors (Lipinski definition) is 3. The molecule has 4 nitrogen and oxygen atoms in total. The molecule has 1 heterocycles. The summed E-state index contributed by atoms with van der Waals surface area (Å²) in [6, 6.07) is 12.3. The summed E-state index contributed by atoms with van der Waals surface area (Å²) < 4.78 is 39.2. The van der Waals surface area contributed by atoms with Crippen LogP contribution in [0.2, 0.25) is 5.02 Å². The molecule has 1 amide bonds. The fourth-order valence-electron chi connectivity index (χ4n) is 3.01. The highest BCUT2D eigenvalue weighted by atomic mass is 35.5. The molecule has 0 spiro atoms. The zero-order valence-corrected chi connectivity index (χ0v) is 14.9. The first-order valence-electron chi connectivity index (χ1n) is 7.89. The first-order valence-corrected chi connectivity index (χ1v) is 9.98. The smallest absolute Gasteiger partial charge is 0.253 e. The molecule has 1 aliphatic rings. The maximum atomic E-state index is 14.1. The fraction of sp³-hybridized carbons (Fsp3) is 0.278. The van der Waals surface area contributed by atoms with Crippen LogP contribution in [0.5, 0.6) is 0 Å². The Balaban J connectivity index is 1.84. The van der Waals surface area contributed by atoms with Crippen LogP contribution in [0.25, 0.3) is 0 Å². The van der Waals surface area contributed by atoms with Crippen LogP contribution in [0.15, 0.2) is 48.5 Å². The Hall–Kier alpha value is -1.92. The van der Waals surface area contributed by atoms with Crippen molar-refractivity contribution < 1.29 is 17.6 Å². The van der Waals surface area contributed by atoms with E-state index < -0.39 is 20.9 Å². The molecule has 0 bridgehead atoms. The molecule has 0 aromatic heterocycles. The molecule has 1 aliphatic heterocycles. The molecule has 25 heavy (non-hydrogen) atoms. The van der Waals surface area contributed by atoms with Crippen molar-refractivity contribution in [2.45, 2.75) is 11.7 Å². The Bertz CT molecular complexity index is 883. The highest BCUT2D eigenvalue weighted by Crippen LogP contribution is 2.31. The number of sulfone groups is 1. The van der Waals surface area contributed by atoms with Gasteiger partial charge in [0, 0.05) is 29.2 Å². The van der Waals surface area contributed by atoms with E-state index in [9.17, 15) is 17.6 Å². The number of carbonyl (C=O) groups excluding carboxylic acids is 1. The third-order valence-corrected chi connectivity index (χ3v) is 6.73. The topological polar surface area (TPSA) is 54.5 Å². The summed E-state index contributed by atoms with van der Waals surface area (Å²) in [6.45, 7) is 0.342. The van der Waals surface area contributed by atoms with E-state index in [-0.39, 0.29) is 36.7 Å². The highest BCUT2D eigenvalue weighted by Gasteiger charge is 2.34. The Morgan fingerprint density at radius 2 is 1.76 bits per heavy atom. The van der Waals surface area contributed by atoms with E-state index in [1.807, 2.05) is 0 Å². The largest absolute Gasteiger partial charge is 0.338 e. The first-order chi connectivity index (χ1) is 11.9. The standard InChI is InChI=1S/C18H17ClFNO3S/c19-14-7-5-13(6-8-14)18(22)21-10-9-17(25(23,24)12-11-21)15-3-1-2-4-16(15)20/h1-8,17H,9-12H2. The van der Waals surface area contributed by atoms with Crippen molar-refractivity contribution in [2.75, 3.05) is 18.8 Å². The highest BCUT2D eigenvalue weighted by molar-refractivity contribution is 7.91. The number of nitrogens with zero attached hydrogens (tertiary/aromatic N) is 1. The van der Waals surface area contributed by atoms with Crippen LogP contribution in [-0.2, 0) is 9.84 Å². The van der Waals surface area contributed by atoms with Gasteiger partial charge in [-0.2, -0.15) is 0 Å². The molecule has 0 N–H and O–H groups in total. The second-order valence-electron chi connectivity index (χ2n) is 5.96. The van der Waals surface area contributed by atoms with Crippen molar-refractivity contribution >= 4 is 27.3 Å². The number of carbonyl (C=O) groups is 1. The Morgan fingerprint density at radius 3 is 2.44 bits per heavy atom. The van der Waals surface area contributed by atoms with Crippen LogP contribution in [0.4, 0.5) is 4.39 Å². The van der Waals surface area contributed by atoms with Gasteiger partial charge in [0.2, 0.25) is 0 Å². The molecule has 2 aromatic rings. The van der Waals surface area contributed by atoms with Crippen molar-refractivity contribution in [3.63, 3.8) is 0 Å². The van der Waals surface area contributed by atoms with Gasteiger partial charge in [-0.05, 0) is 36.8 Å². The monoisotopic (exact) mass is 381 g/mol. The molecule has 1 unspecified atom stereocenters. The minimum atomic E-state index is -3.55. The van der Waals surface area contributed by atoms with Gasteiger partial charge in [-0.25, -0.2) is 12.8 Å². The summed E-state index contributed by atoms with van der Waals surface area (Å²) in [6.07, 6.45) is 0.169. The van der Waals surface area contributed by atoms with Gasteiger partial charge in [0.25, 0.3) is 5.91 Å². The third-order valence-electron chi connectivity index (χ3n) is 4.37. The number of hydrogen-bond donors (Lipinski definition) is 0. The molecular formula is C18H17ClFNO3S. The van der Waals surface area contributed by atoms with Gasteiger partial charge in [0.15, 0.2) is 9.84 Å². The third kappa shape index (κ3) is 3.85. The Kier molecular flexibility index (Phi) is 5.11. The zero-order valence-electron chi connectivity index (χ0n) is 13.4. The van der Waals surface area contributed by atoms with Crippen LogP contribution in [0, 0.1) is 5.82 Å². The van der Waals surface area contributed by atoms with E-state index in [4.69, 9.17) is 11.6 Å². The zero-order chi connectivity index (χ0) is 18.0. The average molecular weight is 382 g/mol. The van der Waals surface area contributed by atoms with E-state index in [0.717, 1.165) is 0 Å². The number of amides is 1. The van der Waals surface area contributed by atoms with Gasteiger partial charge < -0.3 is 4.90 Å². The number of benzene rings is 2. The van der Waals surface area contributed by atoms with E-state index >= 15 is 0 Å². The average Bonchev–Trinajstić information content (AvgIpc) is 2.74. The van der Waals surface area contributed by atoms with Crippen LogP contribution >= 0.6 is 11.6 Å². The van der Waals surface area contributed by atoms with Crippen LogP contribution in [0.3, 0.4) is 0 Å². The minimum Gasteiger partial charge on any atom is -0.338 e.